The zero-order chi connectivity index (χ0) is 19.0. The van der Waals surface area contributed by atoms with Gasteiger partial charge in [0, 0.05) is 11.9 Å². The SMILES string of the molecule is COc1ncc(C=C(CS)B2OC(C)(C)C(C)(C)O2)cc1C(F)(F)F. The molecule has 2 heterocycles. The van der Waals surface area contributed by atoms with Crippen molar-refractivity contribution in [3.8, 4) is 5.88 Å². The average molecular weight is 375 g/mol. The van der Waals surface area contributed by atoms with Gasteiger partial charge in [0.1, 0.15) is 5.56 Å². The van der Waals surface area contributed by atoms with Crippen molar-refractivity contribution in [2.45, 2.75) is 45.1 Å². The Kier molecular flexibility index (Phi) is 5.52. The Hall–Kier alpha value is -1.19. The van der Waals surface area contributed by atoms with Gasteiger partial charge >= 0.3 is 13.3 Å². The predicted molar refractivity (Wildman–Crippen MR) is 93.7 cm³/mol. The number of rotatable bonds is 4. The fourth-order valence-corrected chi connectivity index (χ4v) is 2.55. The Bertz CT molecular complexity index is 661. The van der Waals surface area contributed by atoms with Crippen LogP contribution in [-0.2, 0) is 15.5 Å². The second kappa shape index (κ2) is 6.85. The van der Waals surface area contributed by atoms with Crippen LogP contribution in [0.15, 0.2) is 17.7 Å². The fourth-order valence-electron chi connectivity index (χ4n) is 2.31. The lowest BCUT2D eigenvalue weighted by molar-refractivity contribution is -0.139. The Labute approximate surface area is 151 Å². The molecule has 0 atom stereocenters. The molecule has 2 rings (SSSR count). The van der Waals surface area contributed by atoms with E-state index < -0.39 is 35.9 Å². The van der Waals surface area contributed by atoms with Crippen LogP contribution >= 0.6 is 12.6 Å². The summed E-state index contributed by atoms with van der Waals surface area (Å²) in [5.74, 6) is -0.197. The molecule has 1 saturated heterocycles. The molecule has 0 amide bonds. The minimum absolute atomic E-state index is 0.268. The van der Waals surface area contributed by atoms with Crippen molar-refractivity contribution in [3.63, 3.8) is 0 Å². The Morgan fingerprint density at radius 2 is 1.84 bits per heavy atom. The Morgan fingerprint density at radius 1 is 1.28 bits per heavy atom. The number of hydrogen-bond acceptors (Lipinski definition) is 5. The standard InChI is InChI=1S/C16H21BF3NO3S/c1-14(2)15(3,4)24-17(23-14)11(9-25)6-10-7-12(16(18,19)20)13(22-5)21-8-10/h6-8,25H,9H2,1-5H3. The van der Waals surface area contributed by atoms with Gasteiger partial charge < -0.3 is 14.0 Å². The summed E-state index contributed by atoms with van der Waals surface area (Å²) >= 11 is 4.26. The van der Waals surface area contributed by atoms with Crippen LogP contribution in [0.2, 0.25) is 0 Å². The van der Waals surface area contributed by atoms with Crippen molar-refractivity contribution in [1.82, 2.24) is 4.98 Å². The molecule has 0 saturated carbocycles. The number of ether oxygens (including phenoxy) is 1. The van der Waals surface area contributed by atoms with E-state index in [0.29, 0.717) is 5.47 Å². The number of halogens is 3. The number of thiol groups is 1. The molecule has 25 heavy (non-hydrogen) atoms. The zero-order valence-corrected chi connectivity index (χ0v) is 15.7. The van der Waals surface area contributed by atoms with Crippen molar-refractivity contribution >= 4 is 25.8 Å². The molecule has 0 unspecified atom stereocenters. The van der Waals surface area contributed by atoms with Gasteiger partial charge in [-0.2, -0.15) is 25.8 Å². The van der Waals surface area contributed by atoms with Crippen LogP contribution in [-0.4, -0.2) is 36.2 Å². The van der Waals surface area contributed by atoms with Gasteiger partial charge in [0.05, 0.1) is 18.3 Å². The molecule has 1 aliphatic heterocycles. The van der Waals surface area contributed by atoms with Gasteiger partial charge in [0.25, 0.3) is 0 Å². The van der Waals surface area contributed by atoms with E-state index >= 15 is 0 Å². The summed E-state index contributed by atoms with van der Waals surface area (Å²) in [6.07, 6.45) is -1.70. The minimum Gasteiger partial charge on any atom is -0.481 e. The van der Waals surface area contributed by atoms with Gasteiger partial charge in [-0.05, 0) is 44.8 Å². The third-order valence-electron chi connectivity index (χ3n) is 4.46. The van der Waals surface area contributed by atoms with Crippen LogP contribution in [0.1, 0.15) is 38.8 Å². The van der Waals surface area contributed by atoms with E-state index in [1.54, 1.807) is 6.08 Å². The molecule has 0 spiro atoms. The van der Waals surface area contributed by atoms with E-state index in [4.69, 9.17) is 14.0 Å². The van der Waals surface area contributed by atoms with Crippen LogP contribution < -0.4 is 4.74 Å². The van der Waals surface area contributed by atoms with Gasteiger partial charge in [-0.3, -0.25) is 0 Å². The lowest BCUT2D eigenvalue weighted by Gasteiger charge is -2.32. The van der Waals surface area contributed by atoms with Crippen molar-refractivity contribution in [1.29, 1.82) is 0 Å². The van der Waals surface area contributed by atoms with Crippen LogP contribution in [0, 0.1) is 0 Å². The monoisotopic (exact) mass is 375 g/mol. The minimum atomic E-state index is -4.56. The summed E-state index contributed by atoms with van der Waals surface area (Å²) in [6.45, 7) is 7.61. The van der Waals surface area contributed by atoms with Gasteiger partial charge in [-0.25, -0.2) is 4.98 Å². The molecule has 4 nitrogen and oxygen atoms in total. The third kappa shape index (κ3) is 4.15. The van der Waals surface area contributed by atoms with Gasteiger partial charge in [-0.15, -0.1) is 0 Å². The van der Waals surface area contributed by atoms with E-state index in [1.807, 2.05) is 27.7 Å². The molecule has 0 aromatic carbocycles. The molecular weight excluding hydrogens is 354 g/mol. The van der Waals surface area contributed by atoms with Crippen molar-refractivity contribution in [3.05, 3.63) is 28.9 Å². The number of pyridine rings is 1. The highest BCUT2D eigenvalue weighted by atomic mass is 32.1. The second-order valence-electron chi connectivity index (χ2n) is 6.79. The Morgan fingerprint density at radius 3 is 2.28 bits per heavy atom. The van der Waals surface area contributed by atoms with E-state index in [1.165, 1.54) is 6.20 Å². The highest BCUT2D eigenvalue weighted by Crippen LogP contribution is 2.39. The van der Waals surface area contributed by atoms with E-state index in [-0.39, 0.29) is 11.3 Å². The molecule has 1 aliphatic rings. The molecule has 0 N–H and O–H groups in total. The molecule has 0 aliphatic carbocycles. The zero-order valence-electron chi connectivity index (χ0n) is 14.8. The number of methoxy groups -OCH3 is 1. The average Bonchev–Trinajstić information content (AvgIpc) is 2.71. The molecule has 0 bridgehead atoms. The lowest BCUT2D eigenvalue weighted by Crippen LogP contribution is -2.41. The smallest absolute Gasteiger partial charge is 0.481 e. The lowest BCUT2D eigenvalue weighted by atomic mass is 9.78. The Balaban J connectivity index is 2.38. The van der Waals surface area contributed by atoms with Crippen LogP contribution in [0.4, 0.5) is 13.2 Å². The first-order valence-corrected chi connectivity index (χ1v) is 8.33. The van der Waals surface area contributed by atoms with E-state index in [0.717, 1.165) is 13.2 Å². The number of alkyl halides is 3. The first-order valence-electron chi connectivity index (χ1n) is 7.69. The summed E-state index contributed by atoms with van der Waals surface area (Å²) in [7, 11) is 0.468. The predicted octanol–water partition coefficient (Wildman–Crippen LogP) is 4.05. The van der Waals surface area contributed by atoms with Crippen molar-refractivity contribution in [2.75, 3.05) is 12.9 Å². The summed E-state index contributed by atoms with van der Waals surface area (Å²) in [5, 5.41) is 0. The molecule has 1 fully saturated rings. The topological polar surface area (TPSA) is 40.6 Å². The summed E-state index contributed by atoms with van der Waals surface area (Å²) in [6, 6.07) is 0.987. The molecule has 0 radical (unpaired) electrons. The first-order chi connectivity index (χ1) is 11.4. The summed E-state index contributed by atoms with van der Waals surface area (Å²) in [4.78, 5) is 3.74. The van der Waals surface area contributed by atoms with Crippen LogP contribution in [0.25, 0.3) is 6.08 Å². The molecule has 9 heteroatoms. The highest BCUT2D eigenvalue weighted by molar-refractivity contribution is 7.80. The highest BCUT2D eigenvalue weighted by Gasteiger charge is 2.52. The number of nitrogens with zero attached hydrogens (tertiary/aromatic N) is 1. The second-order valence-corrected chi connectivity index (χ2v) is 7.11. The van der Waals surface area contributed by atoms with Crippen molar-refractivity contribution < 1.29 is 27.2 Å². The van der Waals surface area contributed by atoms with Crippen LogP contribution in [0.3, 0.4) is 0 Å². The van der Waals surface area contributed by atoms with E-state index in [2.05, 4.69) is 17.6 Å². The fraction of sp³-hybridized carbons (Fsp3) is 0.562. The maximum absolute atomic E-state index is 13.1. The van der Waals surface area contributed by atoms with Gasteiger partial charge in [0.15, 0.2) is 0 Å². The van der Waals surface area contributed by atoms with Gasteiger partial charge in [0.2, 0.25) is 5.88 Å². The maximum Gasteiger partial charge on any atom is 0.491 e. The molecule has 138 valence electrons. The van der Waals surface area contributed by atoms with Crippen molar-refractivity contribution in [2.24, 2.45) is 0 Å². The quantitative estimate of drug-likeness (QED) is 0.637. The normalized spacial score (nSPS) is 20.0. The summed E-state index contributed by atoms with van der Waals surface area (Å²) in [5.41, 5.74) is -1.14. The van der Waals surface area contributed by atoms with Gasteiger partial charge in [-0.1, -0.05) is 6.08 Å². The molecule has 1 aromatic heterocycles. The molecular formula is C16H21BF3NO3S. The summed E-state index contributed by atoms with van der Waals surface area (Å²) < 4.78 is 55.9. The third-order valence-corrected chi connectivity index (χ3v) is 4.83. The number of hydrogen-bond donors (Lipinski definition) is 1. The van der Waals surface area contributed by atoms with E-state index in [9.17, 15) is 13.2 Å². The largest absolute Gasteiger partial charge is 0.491 e. The number of aromatic nitrogens is 1. The maximum atomic E-state index is 13.1. The molecule has 1 aromatic rings. The van der Waals surface area contributed by atoms with Crippen LogP contribution in [0.5, 0.6) is 5.88 Å². The first kappa shape index (κ1) is 20.1.